The van der Waals surface area contributed by atoms with Crippen molar-refractivity contribution in [3.63, 3.8) is 0 Å². The van der Waals surface area contributed by atoms with Crippen LogP contribution >= 0.6 is 0 Å². The molecular formula is C19H15N3O2. The first-order chi connectivity index (χ1) is 11.7. The maximum absolute atomic E-state index is 12.4. The van der Waals surface area contributed by atoms with Crippen molar-refractivity contribution in [2.45, 2.75) is 6.54 Å². The van der Waals surface area contributed by atoms with Gasteiger partial charge in [-0.3, -0.25) is 4.79 Å². The summed E-state index contributed by atoms with van der Waals surface area (Å²) in [6.45, 7) is 0.220. The third-order valence-corrected chi connectivity index (χ3v) is 3.70. The standard InChI is InChI=1S/C19H15N3O2/c1-24-18-9-5-3-7-15(18)19(23)21-12-14-10-13-6-2-4-8-16(13)22-17(14)11-20/h2-10H,12H2,1H3,(H,21,23). The number of carbonyl (C=O) groups excluding carboxylic acids is 1. The summed E-state index contributed by atoms with van der Waals surface area (Å²) in [5.74, 6) is 0.247. The number of fused-ring (bicyclic) bond motifs is 1. The van der Waals surface area contributed by atoms with E-state index in [0.717, 1.165) is 10.9 Å². The molecule has 2 aromatic carbocycles. The summed E-state index contributed by atoms with van der Waals surface area (Å²) in [6.07, 6.45) is 0. The molecule has 0 spiro atoms. The van der Waals surface area contributed by atoms with Gasteiger partial charge in [-0.25, -0.2) is 4.98 Å². The van der Waals surface area contributed by atoms with E-state index < -0.39 is 0 Å². The Morgan fingerprint density at radius 2 is 1.96 bits per heavy atom. The van der Waals surface area contributed by atoms with Crippen LogP contribution in [-0.2, 0) is 6.54 Å². The van der Waals surface area contributed by atoms with Gasteiger partial charge in [-0.15, -0.1) is 0 Å². The molecule has 0 radical (unpaired) electrons. The van der Waals surface area contributed by atoms with Gasteiger partial charge in [0.05, 0.1) is 18.2 Å². The van der Waals surface area contributed by atoms with Crippen LogP contribution in [0.4, 0.5) is 0 Å². The number of aromatic nitrogens is 1. The molecule has 0 aliphatic rings. The molecular weight excluding hydrogens is 302 g/mol. The molecule has 0 aliphatic carbocycles. The number of methoxy groups -OCH3 is 1. The zero-order valence-corrected chi connectivity index (χ0v) is 13.1. The quantitative estimate of drug-likeness (QED) is 0.802. The minimum Gasteiger partial charge on any atom is -0.496 e. The number of rotatable bonds is 4. The van der Waals surface area contributed by atoms with Crippen molar-refractivity contribution >= 4 is 16.8 Å². The van der Waals surface area contributed by atoms with Gasteiger partial charge in [-0.05, 0) is 24.3 Å². The Bertz CT molecular complexity index is 945. The van der Waals surface area contributed by atoms with Crippen molar-refractivity contribution in [2.24, 2.45) is 0 Å². The Labute approximate surface area is 139 Å². The van der Waals surface area contributed by atoms with Crippen LogP contribution in [0.2, 0.25) is 0 Å². The Kier molecular flexibility index (Phi) is 4.39. The van der Waals surface area contributed by atoms with Gasteiger partial charge in [-0.2, -0.15) is 5.26 Å². The lowest BCUT2D eigenvalue weighted by Gasteiger charge is -2.10. The fourth-order valence-corrected chi connectivity index (χ4v) is 2.49. The Morgan fingerprint density at radius 3 is 2.75 bits per heavy atom. The molecule has 0 saturated carbocycles. The number of para-hydroxylation sites is 2. The van der Waals surface area contributed by atoms with E-state index in [1.54, 1.807) is 24.3 Å². The highest BCUT2D eigenvalue weighted by molar-refractivity contribution is 5.96. The average Bonchev–Trinajstić information content (AvgIpc) is 2.65. The van der Waals surface area contributed by atoms with Crippen LogP contribution in [0, 0.1) is 11.3 Å². The molecule has 118 valence electrons. The largest absolute Gasteiger partial charge is 0.496 e. The second-order valence-corrected chi connectivity index (χ2v) is 5.18. The monoisotopic (exact) mass is 317 g/mol. The second-order valence-electron chi connectivity index (χ2n) is 5.18. The number of hydrogen-bond acceptors (Lipinski definition) is 4. The SMILES string of the molecule is COc1ccccc1C(=O)NCc1cc2ccccc2nc1C#N. The number of nitrogens with one attached hydrogen (secondary N) is 1. The molecule has 5 heteroatoms. The van der Waals surface area contributed by atoms with E-state index in [1.165, 1.54) is 7.11 Å². The molecule has 1 amide bonds. The van der Waals surface area contributed by atoms with E-state index in [2.05, 4.69) is 16.4 Å². The van der Waals surface area contributed by atoms with Crippen LogP contribution in [0.1, 0.15) is 21.6 Å². The summed E-state index contributed by atoms with van der Waals surface area (Å²) >= 11 is 0. The summed E-state index contributed by atoms with van der Waals surface area (Å²) in [7, 11) is 1.52. The van der Waals surface area contributed by atoms with E-state index in [4.69, 9.17) is 4.74 Å². The molecule has 3 rings (SSSR count). The van der Waals surface area contributed by atoms with Crippen molar-refractivity contribution in [2.75, 3.05) is 7.11 Å². The summed E-state index contributed by atoms with van der Waals surface area (Å²) in [6, 6.07) is 18.5. The van der Waals surface area contributed by atoms with Crippen molar-refractivity contribution < 1.29 is 9.53 Å². The maximum Gasteiger partial charge on any atom is 0.255 e. The third kappa shape index (κ3) is 3.03. The van der Waals surface area contributed by atoms with Crippen LogP contribution in [0.5, 0.6) is 5.75 Å². The van der Waals surface area contributed by atoms with Gasteiger partial charge in [0.2, 0.25) is 0 Å². The van der Waals surface area contributed by atoms with Gasteiger partial charge in [-0.1, -0.05) is 30.3 Å². The molecule has 5 nitrogen and oxygen atoms in total. The lowest BCUT2D eigenvalue weighted by Crippen LogP contribution is -2.24. The van der Waals surface area contributed by atoms with Crippen molar-refractivity contribution in [1.82, 2.24) is 10.3 Å². The second kappa shape index (κ2) is 6.80. The molecule has 1 heterocycles. The topological polar surface area (TPSA) is 75.0 Å². The normalized spacial score (nSPS) is 10.2. The predicted molar refractivity (Wildman–Crippen MR) is 90.6 cm³/mol. The first kappa shape index (κ1) is 15.5. The number of hydrogen-bond donors (Lipinski definition) is 1. The Hall–Kier alpha value is -3.39. The maximum atomic E-state index is 12.4. The third-order valence-electron chi connectivity index (χ3n) is 3.70. The fourth-order valence-electron chi connectivity index (χ4n) is 2.49. The summed E-state index contributed by atoms with van der Waals surface area (Å²) in [5, 5.41) is 13.0. The van der Waals surface area contributed by atoms with E-state index in [9.17, 15) is 10.1 Å². The zero-order chi connectivity index (χ0) is 16.9. The number of benzene rings is 2. The van der Waals surface area contributed by atoms with Crippen LogP contribution in [0.3, 0.4) is 0 Å². The number of carbonyl (C=O) groups is 1. The Balaban J connectivity index is 1.85. The molecule has 0 unspecified atom stereocenters. The summed E-state index contributed by atoms with van der Waals surface area (Å²) in [4.78, 5) is 16.7. The highest BCUT2D eigenvalue weighted by atomic mass is 16.5. The molecule has 3 aromatic rings. The van der Waals surface area contributed by atoms with Crippen molar-refractivity contribution in [3.05, 3.63) is 71.4 Å². The molecule has 0 aliphatic heterocycles. The highest BCUT2D eigenvalue weighted by Crippen LogP contribution is 2.19. The van der Waals surface area contributed by atoms with Gasteiger partial charge in [0.1, 0.15) is 17.5 Å². The van der Waals surface area contributed by atoms with E-state index in [-0.39, 0.29) is 12.5 Å². The number of nitriles is 1. The summed E-state index contributed by atoms with van der Waals surface area (Å²) < 4.78 is 5.20. The fraction of sp³-hybridized carbons (Fsp3) is 0.105. The van der Waals surface area contributed by atoms with Crippen molar-refractivity contribution in [1.29, 1.82) is 5.26 Å². The van der Waals surface area contributed by atoms with Crippen molar-refractivity contribution in [3.8, 4) is 11.8 Å². The molecule has 0 saturated heterocycles. The number of amides is 1. The van der Waals surface area contributed by atoms with Gasteiger partial charge < -0.3 is 10.1 Å². The minimum absolute atomic E-state index is 0.220. The first-order valence-corrected chi connectivity index (χ1v) is 7.43. The summed E-state index contributed by atoms with van der Waals surface area (Å²) in [5.41, 5.74) is 2.20. The van der Waals surface area contributed by atoms with Gasteiger partial charge >= 0.3 is 0 Å². The van der Waals surface area contributed by atoms with Crippen LogP contribution < -0.4 is 10.1 Å². The van der Waals surface area contributed by atoms with Crippen LogP contribution in [0.15, 0.2) is 54.6 Å². The van der Waals surface area contributed by atoms with Gasteiger partial charge in [0.15, 0.2) is 0 Å². The molecule has 0 bridgehead atoms. The van der Waals surface area contributed by atoms with E-state index in [1.807, 2.05) is 30.3 Å². The molecule has 1 aromatic heterocycles. The number of ether oxygens (including phenoxy) is 1. The van der Waals surface area contributed by atoms with Gasteiger partial charge in [0, 0.05) is 17.5 Å². The minimum atomic E-state index is -0.260. The molecule has 24 heavy (non-hydrogen) atoms. The Morgan fingerprint density at radius 1 is 1.21 bits per heavy atom. The molecule has 1 N–H and O–H groups in total. The predicted octanol–water partition coefficient (Wildman–Crippen LogP) is 3.05. The average molecular weight is 317 g/mol. The molecule has 0 atom stereocenters. The zero-order valence-electron chi connectivity index (χ0n) is 13.1. The lowest BCUT2D eigenvalue weighted by molar-refractivity contribution is 0.0948. The van der Waals surface area contributed by atoms with Gasteiger partial charge in [0.25, 0.3) is 5.91 Å². The highest BCUT2D eigenvalue weighted by Gasteiger charge is 2.13. The van der Waals surface area contributed by atoms with Crippen LogP contribution in [-0.4, -0.2) is 18.0 Å². The number of pyridine rings is 1. The number of nitrogens with zero attached hydrogens (tertiary/aromatic N) is 2. The first-order valence-electron chi connectivity index (χ1n) is 7.43. The van der Waals surface area contributed by atoms with E-state index >= 15 is 0 Å². The lowest BCUT2D eigenvalue weighted by atomic mass is 10.1. The smallest absolute Gasteiger partial charge is 0.255 e. The molecule has 0 fully saturated rings. The van der Waals surface area contributed by atoms with Crippen LogP contribution in [0.25, 0.3) is 10.9 Å². The van der Waals surface area contributed by atoms with E-state index in [0.29, 0.717) is 22.6 Å².